The smallest absolute Gasteiger partial charge is 0.0886 e. The van der Waals surface area contributed by atoms with Crippen molar-refractivity contribution in [3.8, 4) is 0 Å². The largest absolute Gasteiger partial charge is 0.298 e. The van der Waals surface area contributed by atoms with Gasteiger partial charge in [-0.05, 0) is 18.6 Å². The van der Waals surface area contributed by atoms with Crippen LogP contribution >= 0.6 is 11.8 Å². The topological polar surface area (TPSA) is 48.6 Å². The molecular weight excluding hydrogens is 218 g/mol. The van der Waals surface area contributed by atoms with E-state index in [1.165, 1.54) is 11.8 Å². The van der Waals surface area contributed by atoms with E-state index in [0.717, 1.165) is 22.7 Å². The summed E-state index contributed by atoms with van der Waals surface area (Å²) in [6, 6.07) is 7.93. The molecular formula is C12H13N3S. The van der Waals surface area contributed by atoms with Gasteiger partial charge in [-0.2, -0.15) is 10.2 Å². The van der Waals surface area contributed by atoms with E-state index < -0.39 is 0 Å². The molecule has 3 nitrogen and oxygen atoms in total. The third-order valence-electron chi connectivity index (χ3n) is 2.32. The predicted molar refractivity (Wildman–Crippen MR) is 68.6 cm³/mol. The number of aryl methyl sites for hydroxylation is 1. The van der Waals surface area contributed by atoms with E-state index in [-0.39, 0.29) is 0 Å². The second kappa shape index (κ2) is 5.07. The molecule has 1 aromatic carbocycles. The predicted octanol–water partition coefficient (Wildman–Crippen LogP) is 4.08. The quantitative estimate of drug-likeness (QED) is 0.766. The normalized spacial score (nSPS) is 16.6. The van der Waals surface area contributed by atoms with Crippen molar-refractivity contribution in [2.24, 2.45) is 10.2 Å². The minimum Gasteiger partial charge on any atom is -0.298 e. The minimum absolute atomic E-state index is 0.687. The number of thioether (sulfide) groups is 1. The molecule has 1 aliphatic rings. The Kier molecular flexibility index (Phi) is 3.51. The van der Waals surface area contributed by atoms with Crippen molar-refractivity contribution >= 4 is 22.5 Å². The van der Waals surface area contributed by atoms with Gasteiger partial charge < -0.3 is 0 Å². The van der Waals surface area contributed by atoms with Crippen LogP contribution in [0.5, 0.6) is 0 Å². The summed E-state index contributed by atoms with van der Waals surface area (Å²) in [5.41, 5.74) is 3.00. The van der Waals surface area contributed by atoms with Crippen LogP contribution < -0.4 is 0 Å². The first-order valence-electron chi connectivity index (χ1n) is 5.12. The monoisotopic (exact) mass is 231 g/mol. The lowest BCUT2D eigenvalue weighted by Gasteiger charge is -2.07. The lowest BCUT2D eigenvalue weighted by atomic mass is 10.2. The van der Waals surface area contributed by atoms with Crippen LogP contribution in [0.4, 0.5) is 5.69 Å². The summed E-state index contributed by atoms with van der Waals surface area (Å²) >= 11 is 1.53. The molecule has 2 rings (SSSR count). The molecule has 1 aliphatic heterocycles. The summed E-state index contributed by atoms with van der Waals surface area (Å²) in [4.78, 5) is 0. The zero-order valence-corrected chi connectivity index (χ0v) is 9.92. The standard InChI is InChI=1S/C12H13N3S/c1-9-4-2-3-5-11(9)15-14-10-6-7-12(13)16-8-10/h2-6,13H,7-8H2,1H3. The van der Waals surface area contributed by atoms with Gasteiger partial charge in [-0.15, -0.1) is 11.8 Å². The number of hydrogen-bond donors (Lipinski definition) is 1. The molecule has 0 spiro atoms. The third-order valence-corrected chi connectivity index (χ3v) is 3.27. The van der Waals surface area contributed by atoms with Crippen molar-refractivity contribution in [3.63, 3.8) is 0 Å². The number of azo groups is 1. The van der Waals surface area contributed by atoms with Gasteiger partial charge >= 0.3 is 0 Å². The maximum Gasteiger partial charge on any atom is 0.0886 e. The van der Waals surface area contributed by atoms with Crippen LogP contribution in [0.25, 0.3) is 0 Å². The van der Waals surface area contributed by atoms with Crippen molar-refractivity contribution in [2.75, 3.05) is 5.75 Å². The van der Waals surface area contributed by atoms with Crippen molar-refractivity contribution < 1.29 is 0 Å². The molecule has 0 aromatic heterocycles. The van der Waals surface area contributed by atoms with Gasteiger partial charge in [0.05, 0.1) is 16.4 Å². The first-order chi connectivity index (χ1) is 7.75. The van der Waals surface area contributed by atoms with E-state index in [1.54, 1.807) is 0 Å². The fourth-order valence-corrected chi connectivity index (χ4v) is 2.05. The Morgan fingerprint density at radius 3 is 2.75 bits per heavy atom. The van der Waals surface area contributed by atoms with E-state index in [2.05, 4.69) is 10.2 Å². The Hall–Kier alpha value is -1.42. The number of allylic oxidation sites excluding steroid dienone is 1. The number of nitrogens with zero attached hydrogens (tertiary/aromatic N) is 2. The van der Waals surface area contributed by atoms with Crippen LogP contribution in [-0.2, 0) is 0 Å². The number of nitrogens with one attached hydrogen (secondary N) is 1. The molecule has 0 bridgehead atoms. The van der Waals surface area contributed by atoms with E-state index >= 15 is 0 Å². The van der Waals surface area contributed by atoms with E-state index in [9.17, 15) is 0 Å². The third kappa shape index (κ3) is 2.79. The molecule has 0 radical (unpaired) electrons. The van der Waals surface area contributed by atoms with Gasteiger partial charge in [0, 0.05) is 12.2 Å². The Morgan fingerprint density at radius 1 is 1.25 bits per heavy atom. The Bertz CT molecular complexity index is 463. The van der Waals surface area contributed by atoms with Gasteiger partial charge in [-0.25, -0.2) is 0 Å². The van der Waals surface area contributed by atoms with Crippen molar-refractivity contribution in [1.29, 1.82) is 5.41 Å². The summed E-state index contributed by atoms with van der Waals surface area (Å²) in [7, 11) is 0. The van der Waals surface area contributed by atoms with E-state index in [1.807, 2.05) is 37.3 Å². The molecule has 0 saturated carbocycles. The van der Waals surface area contributed by atoms with Gasteiger partial charge in [0.2, 0.25) is 0 Å². The van der Waals surface area contributed by atoms with Crippen LogP contribution in [0.15, 0.2) is 46.3 Å². The lowest BCUT2D eigenvalue weighted by Crippen LogP contribution is -1.98. The van der Waals surface area contributed by atoms with Crippen molar-refractivity contribution in [2.45, 2.75) is 13.3 Å². The highest BCUT2D eigenvalue weighted by Crippen LogP contribution is 2.23. The van der Waals surface area contributed by atoms with Crippen LogP contribution in [0.2, 0.25) is 0 Å². The van der Waals surface area contributed by atoms with Gasteiger partial charge in [-0.3, -0.25) is 5.41 Å². The van der Waals surface area contributed by atoms with Crippen molar-refractivity contribution in [1.82, 2.24) is 0 Å². The highest BCUT2D eigenvalue weighted by atomic mass is 32.2. The number of rotatable bonds is 2. The van der Waals surface area contributed by atoms with Crippen molar-refractivity contribution in [3.05, 3.63) is 41.6 Å². The molecule has 16 heavy (non-hydrogen) atoms. The molecule has 0 saturated heterocycles. The van der Waals surface area contributed by atoms with E-state index in [4.69, 9.17) is 5.41 Å². The Labute approximate surface area is 99.2 Å². The second-order valence-corrected chi connectivity index (χ2v) is 4.67. The zero-order chi connectivity index (χ0) is 11.4. The average molecular weight is 231 g/mol. The lowest BCUT2D eigenvalue weighted by molar-refractivity contribution is 1.10. The van der Waals surface area contributed by atoms with Crippen LogP contribution in [-0.4, -0.2) is 10.8 Å². The Morgan fingerprint density at radius 2 is 2.06 bits per heavy atom. The molecule has 1 heterocycles. The molecule has 0 unspecified atom stereocenters. The van der Waals surface area contributed by atoms with Crippen LogP contribution in [0.1, 0.15) is 12.0 Å². The summed E-state index contributed by atoms with van der Waals surface area (Å²) in [5, 5.41) is 16.6. The molecule has 1 N–H and O–H groups in total. The summed E-state index contributed by atoms with van der Waals surface area (Å²) in [5.74, 6) is 0.758. The van der Waals surface area contributed by atoms with Gasteiger partial charge in [0.25, 0.3) is 0 Å². The molecule has 0 fully saturated rings. The number of benzene rings is 1. The first-order valence-corrected chi connectivity index (χ1v) is 6.11. The maximum atomic E-state index is 7.46. The maximum absolute atomic E-state index is 7.46. The Balaban J connectivity index is 2.10. The minimum atomic E-state index is 0.687. The first kappa shape index (κ1) is 11.1. The van der Waals surface area contributed by atoms with Crippen LogP contribution in [0.3, 0.4) is 0 Å². The highest BCUT2D eigenvalue weighted by Gasteiger charge is 2.07. The van der Waals surface area contributed by atoms with Gasteiger partial charge in [-0.1, -0.05) is 24.3 Å². The van der Waals surface area contributed by atoms with Gasteiger partial charge in [0.1, 0.15) is 0 Å². The average Bonchev–Trinajstić information content (AvgIpc) is 2.30. The molecule has 1 aromatic rings. The summed E-state index contributed by atoms with van der Waals surface area (Å²) in [6.45, 7) is 2.02. The number of hydrogen-bond acceptors (Lipinski definition) is 4. The molecule has 0 amide bonds. The van der Waals surface area contributed by atoms with Crippen LogP contribution in [0, 0.1) is 12.3 Å². The highest BCUT2D eigenvalue weighted by molar-refractivity contribution is 8.14. The second-order valence-electron chi connectivity index (χ2n) is 3.60. The fourth-order valence-electron chi connectivity index (χ4n) is 1.35. The van der Waals surface area contributed by atoms with Gasteiger partial charge in [0.15, 0.2) is 0 Å². The summed E-state index contributed by atoms with van der Waals surface area (Å²) < 4.78 is 0. The summed E-state index contributed by atoms with van der Waals surface area (Å²) in [6.07, 6.45) is 2.66. The molecule has 82 valence electrons. The molecule has 0 aliphatic carbocycles. The zero-order valence-electron chi connectivity index (χ0n) is 9.10. The molecule has 0 atom stereocenters. The fraction of sp³-hybridized carbons (Fsp3) is 0.250. The molecule has 4 heteroatoms. The SMILES string of the molecule is Cc1ccccc1N=NC1=CCC(=N)SC1. The van der Waals surface area contributed by atoms with E-state index in [0.29, 0.717) is 11.5 Å².